The fourth-order valence-corrected chi connectivity index (χ4v) is 3.23. The molecule has 0 radical (unpaired) electrons. The average molecular weight is 371 g/mol. The first-order valence-corrected chi connectivity index (χ1v) is 9.24. The Labute approximate surface area is 163 Å². The van der Waals surface area contributed by atoms with Gasteiger partial charge in [-0.2, -0.15) is 5.10 Å². The number of aryl methyl sites for hydroxylation is 1. The summed E-state index contributed by atoms with van der Waals surface area (Å²) in [5.74, 6) is -0.0983. The summed E-state index contributed by atoms with van der Waals surface area (Å²) in [5, 5.41) is 16.2. The molecule has 0 aliphatic rings. The van der Waals surface area contributed by atoms with Crippen LogP contribution in [0.5, 0.6) is 0 Å². The lowest BCUT2D eigenvalue weighted by molar-refractivity contribution is 0.102. The molecule has 2 aromatic heterocycles. The largest absolute Gasteiger partial charge is 0.321 e. The summed E-state index contributed by atoms with van der Waals surface area (Å²) in [6.45, 7) is 6.04. The van der Waals surface area contributed by atoms with Crippen molar-refractivity contribution in [3.63, 3.8) is 0 Å². The lowest BCUT2D eigenvalue weighted by atomic mass is 10.00. The first-order valence-electron chi connectivity index (χ1n) is 9.24. The van der Waals surface area contributed by atoms with Gasteiger partial charge >= 0.3 is 0 Å². The third-order valence-electron chi connectivity index (χ3n) is 4.65. The minimum Gasteiger partial charge on any atom is -0.321 e. The Bertz CT molecular complexity index is 1130. The molecule has 0 fully saturated rings. The zero-order valence-electron chi connectivity index (χ0n) is 16.0. The summed E-state index contributed by atoms with van der Waals surface area (Å²) < 4.78 is 1.73. The number of para-hydroxylation sites is 1. The number of rotatable bonds is 4. The van der Waals surface area contributed by atoms with Crippen molar-refractivity contribution in [3.8, 4) is 11.1 Å². The Kier molecular flexibility index (Phi) is 4.61. The molecule has 4 rings (SSSR count). The monoisotopic (exact) mass is 371 g/mol. The molecule has 2 heterocycles. The molecule has 0 aliphatic carbocycles. The summed E-state index contributed by atoms with van der Waals surface area (Å²) in [6, 6.07) is 19.3. The Balaban J connectivity index is 1.83. The van der Waals surface area contributed by atoms with E-state index in [4.69, 9.17) is 5.10 Å². The van der Waals surface area contributed by atoms with E-state index < -0.39 is 0 Å². The van der Waals surface area contributed by atoms with E-state index in [1.54, 1.807) is 4.52 Å². The van der Waals surface area contributed by atoms with Gasteiger partial charge in [-0.3, -0.25) is 4.79 Å². The Morgan fingerprint density at radius 1 is 0.964 bits per heavy atom. The van der Waals surface area contributed by atoms with Crippen molar-refractivity contribution in [1.82, 2.24) is 19.8 Å². The Morgan fingerprint density at radius 3 is 2.25 bits per heavy atom. The van der Waals surface area contributed by atoms with Crippen LogP contribution in [0.2, 0.25) is 0 Å². The molecule has 28 heavy (non-hydrogen) atoms. The molecule has 4 aromatic rings. The maximum absolute atomic E-state index is 12.7. The highest BCUT2D eigenvalue weighted by molar-refractivity contribution is 6.03. The van der Waals surface area contributed by atoms with Gasteiger partial charge in [0.15, 0.2) is 11.3 Å². The third-order valence-corrected chi connectivity index (χ3v) is 4.65. The van der Waals surface area contributed by atoms with Gasteiger partial charge in [0.1, 0.15) is 0 Å². The predicted molar refractivity (Wildman–Crippen MR) is 109 cm³/mol. The van der Waals surface area contributed by atoms with Gasteiger partial charge in [-0.1, -0.05) is 62.4 Å². The van der Waals surface area contributed by atoms with Crippen molar-refractivity contribution in [3.05, 3.63) is 77.7 Å². The van der Waals surface area contributed by atoms with Gasteiger partial charge in [-0.15, -0.1) is 10.2 Å². The van der Waals surface area contributed by atoms with E-state index in [1.165, 1.54) is 0 Å². The van der Waals surface area contributed by atoms with Gasteiger partial charge in [0.25, 0.3) is 5.91 Å². The highest BCUT2D eigenvalue weighted by atomic mass is 16.2. The summed E-state index contributed by atoms with van der Waals surface area (Å²) >= 11 is 0. The average Bonchev–Trinajstić information content (AvgIpc) is 3.10. The Hall–Kier alpha value is -3.54. The van der Waals surface area contributed by atoms with Crippen LogP contribution in [0.1, 0.15) is 41.6 Å². The number of hydrogen-bond acceptors (Lipinski definition) is 4. The molecule has 2 aromatic carbocycles. The van der Waals surface area contributed by atoms with Crippen molar-refractivity contribution >= 4 is 17.2 Å². The molecule has 0 bridgehead atoms. The normalized spacial score (nSPS) is 11.1. The number of aromatic nitrogens is 4. The molecular formula is C22H21N5O. The minimum absolute atomic E-state index is 0.206. The van der Waals surface area contributed by atoms with Gasteiger partial charge in [-0.05, 0) is 30.5 Å². The molecule has 1 N–H and O–H groups in total. The van der Waals surface area contributed by atoms with E-state index >= 15 is 0 Å². The van der Waals surface area contributed by atoms with Gasteiger partial charge in [0.2, 0.25) is 0 Å². The number of carbonyl (C=O) groups is 1. The number of nitrogens with one attached hydrogen (secondary N) is 1. The standard InChI is InChI=1S/C22H21N5O/c1-14(2)19-18(16-10-6-4-7-11-16)21-25-24-20(15(3)27(21)26-19)22(28)23-17-12-8-5-9-13-17/h4-14H,1-3H3,(H,23,28). The van der Waals surface area contributed by atoms with Crippen LogP contribution in [0.15, 0.2) is 60.7 Å². The lowest BCUT2D eigenvalue weighted by Crippen LogP contribution is -2.18. The van der Waals surface area contributed by atoms with Crippen molar-refractivity contribution < 1.29 is 4.79 Å². The predicted octanol–water partition coefficient (Wildman–Crippen LogP) is 4.48. The van der Waals surface area contributed by atoms with Crippen LogP contribution in [-0.4, -0.2) is 25.7 Å². The maximum atomic E-state index is 12.7. The van der Waals surface area contributed by atoms with Crippen LogP contribution in [-0.2, 0) is 0 Å². The number of carbonyl (C=O) groups excluding carboxylic acids is 1. The zero-order valence-corrected chi connectivity index (χ0v) is 16.0. The summed E-state index contributed by atoms with van der Waals surface area (Å²) in [7, 11) is 0. The summed E-state index contributed by atoms with van der Waals surface area (Å²) in [6.07, 6.45) is 0. The van der Waals surface area contributed by atoms with Crippen LogP contribution < -0.4 is 5.32 Å². The SMILES string of the molecule is Cc1c(C(=O)Nc2ccccc2)nnc2c(-c3ccccc3)c(C(C)C)nn12. The van der Waals surface area contributed by atoms with Crippen molar-refractivity contribution in [1.29, 1.82) is 0 Å². The van der Waals surface area contributed by atoms with Crippen molar-refractivity contribution in [2.45, 2.75) is 26.7 Å². The molecular weight excluding hydrogens is 350 g/mol. The van der Waals surface area contributed by atoms with Gasteiger partial charge in [0, 0.05) is 5.69 Å². The van der Waals surface area contributed by atoms with Crippen LogP contribution in [0.4, 0.5) is 5.69 Å². The van der Waals surface area contributed by atoms with E-state index in [-0.39, 0.29) is 17.5 Å². The highest BCUT2D eigenvalue weighted by Gasteiger charge is 2.23. The molecule has 0 atom stereocenters. The molecule has 0 spiro atoms. The van der Waals surface area contributed by atoms with Gasteiger partial charge in [0.05, 0.1) is 17.0 Å². The molecule has 0 aliphatic heterocycles. The van der Waals surface area contributed by atoms with E-state index in [0.717, 1.165) is 16.8 Å². The zero-order chi connectivity index (χ0) is 19.7. The molecule has 1 amide bonds. The van der Waals surface area contributed by atoms with Gasteiger partial charge in [-0.25, -0.2) is 4.52 Å². The number of amides is 1. The molecule has 0 saturated heterocycles. The van der Waals surface area contributed by atoms with E-state index in [2.05, 4.69) is 29.4 Å². The number of anilines is 1. The number of fused-ring (bicyclic) bond motifs is 1. The highest BCUT2D eigenvalue weighted by Crippen LogP contribution is 2.32. The van der Waals surface area contributed by atoms with E-state index in [9.17, 15) is 4.79 Å². The van der Waals surface area contributed by atoms with Crippen LogP contribution in [0, 0.1) is 6.92 Å². The second kappa shape index (κ2) is 7.23. The fraction of sp³-hybridized carbons (Fsp3) is 0.182. The quantitative estimate of drug-likeness (QED) is 0.574. The maximum Gasteiger partial charge on any atom is 0.278 e. The second-order valence-corrected chi connectivity index (χ2v) is 6.97. The topological polar surface area (TPSA) is 72.2 Å². The van der Waals surface area contributed by atoms with Crippen LogP contribution in [0.25, 0.3) is 16.8 Å². The lowest BCUT2D eigenvalue weighted by Gasteiger charge is -2.07. The van der Waals surface area contributed by atoms with E-state index in [1.807, 2.05) is 67.6 Å². The first kappa shape index (κ1) is 17.9. The smallest absolute Gasteiger partial charge is 0.278 e. The van der Waals surface area contributed by atoms with E-state index in [0.29, 0.717) is 17.0 Å². The summed E-state index contributed by atoms with van der Waals surface area (Å²) in [4.78, 5) is 12.7. The molecule has 0 unspecified atom stereocenters. The second-order valence-electron chi connectivity index (χ2n) is 6.97. The molecule has 140 valence electrons. The number of hydrogen-bond donors (Lipinski definition) is 1. The molecule has 6 heteroatoms. The van der Waals surface area contributed by atoms with Crippen molar-refractivity contribution in [2.75, 3.05) is 5.32 Å². The molecule has 6 nitrogen and oxygen atoms in total. The third kappa shape index (κ3) is 3.13. The Morgan fingerprint density at radius 2 is 1.61 bits per heavy atom. The van der Waals surface area contributed by atoms with Crippen LogP contribution >= 0.6 is 0 Å². The number of nitrogens with zero attached hydrogens (tertiary/aromatic N) is 4. The van der Waals surface area contributed by atoms with Gasteiger partial charge < -0.3 is 5.32 Å². The minimum atomic E-state index is -0.305. The summed E-state index contributed by atoms with van der Waals surface area (Å²) in [5.41, 5.74) is 5.21. The molecule has 0 saturated carbocycles. The van der Waals surface area contributed by atoms with Crippen LogP contribution in [0.3, 0.4) is 0 Å². The first-order chi connectivity index (χ1) is 13.6. The fourth-order valence-electron chi connectivity index (χ4n) is 3.23. The van der Waals surface area contributed by atoms with Crippen molar-refractivity contribution in [2.24, 2.45) is 0 Å². The number of benzene rings is 2.